The molecule has 1 N–H and O–H groups in total. The van der Waals surface area contributed by atoms with Gasteiger partial charge in [-0.2, -0.15) is 0 Å². The van der Waals surface area contributed by atoms with Gasteiger partial charge < -0.3 is 5.11 Å². The van der Waals surface area contributed by atoms with Crippen LogP contribution in [-0.2, 0) is 0 Å². The predicted octanol–water partition coefficient (Wildman–Crippen LogP) is 7.22. The number of unbranched alkanes of at least 4 members (excludes halogenated alkanes) is 2. The molecule has 1 saturated carbocycles. The highest BCUT2D eigenvalue weighted by molar-refractivity contribution is 5.65. The van der Waals surface area contributed by atoms with Crippen LogP contribution in [0.2, 0.25) is 0 Å². The smallest absolute Gasteiger partial charge is 0.118 e. The molecule has 1 aliphatic carbocycles. The van der Waals surface area contributed by atoms with Crippen LogP contribution >= 0.6 is 0 Å². The lowest BCUT2D eigenvalue weighted by Crippen LogP contribution is -2.13. The van der Waals surface area contributed by atoms with Crippen LogP contribution in [0.3, 0.4) is 0 Å². The summed E-state index contributed by atoms with van der Waals surface area (Å²) in [6.45, 7) is 4.24. The van der Waals surface area contributed by atoms with E-state index >= 15 is 0 Å². The van der Waals surface area contributed by atoms with Crippen molar-refractivity contribution in [3.8, 4) is 16.9 Å². The van der Waals surface area contributed by atoms with Gasteiger partial charge in [-0.25, -0.2) is 0 Å². The maximum absolute atomic E-state index is 9.69. The number of hydrogen-bond donors (Lipinski definition) is 1. The number of rotatable bonds is 6. The molecule has 0 radical (unpaired) electrons. The third kappa shape index (κ3) is 4.66. The molecule has 0 aliphatic heterocycles. The molecule has 0 heterocycles. The molecular weight excluding hydrogens is 304 g/mol. The van der Waals surface area contributed by atoms with E-state index in [-0.39, 0.29) is 0 Å². The van der Waals surface area contributed by atoms with Gasteiger partial charge in [0.15, 0.2) is 0 Å². The highest BCUT2D eigenvalue weighted by Crippen LogP contribution is 2.38. The van der Waals surface area contributed by atoms with Crippen LogP contribution in [0.1, 0.15) is 75.3 Å². The zero-order valence-corrected chi connectivity index (χ0v) is 15.8. The third-order valence-electron chi connectivity index (χ3n) is 5.97. The van der Waals surface area contributed by atoms with Gasteiger partial charge in [0.05, 0.1) is 0 Å². The fourth-order valence-electron chi connectivity index (χ4n) is 4.25. The third-order valence-corrected chi connectivity index (χ3v) is 5.97. The molecule has 2 aromatic carbocycles. The molecule has 3 rings (SSSR count). The van der Waals surface area contributed by atoms with Crippen LogP contribution in [0.5, 0.6) is 5.75 Å². The first kappa shape index (κ1) is 18.0. The van der Waals surface area contributed by atoms with Gasteiger partial charge in [0.25, 0.3) is 0 Å². The lowest BCUT2D eigenvalue weighted by Gasteiger charge is -2.29. The molecule has 0 spiro atoms. The van der Waals surface area contributed by atoms with Gasteiger partial charge in [-0.05, 0) is 78.8 Å². The summed E-state index contributed by atoms with van der Waals surface area (Å²) in [5, 5.41) is 9.69. The fraction of sp³-hybridized carbons (Fsp3) is 0.500. The van der Waals surface area contributed by atoms with Crippen LogP contribution in [0.4, 0.5) is 0 Å². The lowest BCUT2D eigenvalue weighted by molar-refractivity contribution is 0.303. The van der Waals surface area contributed by atoms with Crippen molar-refractivity contribution in [1.82, 2.24) is 0 Å². The molecule has 1 fully saturated rings. The standard InChI is InChI=1S/C24H32O/c1-3-4-5-6-19-7-9-20(10-8-19)21-11-13-22(14-12-21)23-15-16-24(25)18(2)17-23/h11-17,19-20,25H,3-10H2,1-2H3/t19-,20-. The van der Waals surface area contributed by atoms with Crippen LogP contribution < -0.4 is 0 Å². The normalized spacial score (nSPS) is 20.6. The minimum atomic E-state index is 0.371. The molecular formula is C24H32O. The van der Waals surface area contributed by atoms with Crippen molar-refractivity contribution in [2.24, 2.45) is 5.92 Å². The summed E-state index contributed by atoms with van der Waals surface area (Å²) in [7, 11) is 0. The molecule has 0 saturated heterocycles. The monoisotopic (exact) mass is 336 g/mol. The molecule has 0 amide bonds. The minimum absolute atomic E-state index is 0.371. The molecule has 134 valence electrons. The Balaban J connectivity index is 1.59. The van der Waals surface area contributed by atoms with E-state index in [2.05, 4.69) is 37.3 Å². The van der Waals surface area contributed by atoms with E-state index in [0.29, 0.717) is 5.75 Å². The van der Waals surface area contributed by atoms with E-state index in [4.69, 9.17) is 0 Å². The molecule has 0 atom stereocenters. The highest BCUT2D eigenvalue weighted by atomic mass is 16.3. The molecule has 2 aromatic rings. The molecule has 1 heteroatoms. The number of phenolic OH excluding ortho intramolecular Hbond substituents is 1. The van der Waals surface area contributed by atoms with Gasteiger partial charge >= 0.3 is 0 Å². The number of benzene rings is 2. The van der Waals surface area contributed by atoms with E-state index in [1.165, 1.54) is 68.1 Å². The lowest BCUT2D eigenvalue weighted by atomic mass is 9.77. The van der Waals surface area contributed by atoms with Crippen molar-refractivity contribution in [1.29, 1.82) is 0 Å². The molecule has 0 bridgehead atoms. The molecule has 1 nitrogen and oxygen atoms in total. The van der Waals surface area contributed by atoms with Crippen LogP contribution in [-0.4, -0.2) is 5.11 Å². The van der Waals surface area contributed by atoms with Crippen molar-refractivity contribution in [3.05, 3.63) is 53.6 Å². The quantitative estimate of drug-likeness (QED) is 0.552. The average molecular weight is 337 g/mol. The first-order chi connectivity index (χ1) is 12.2. The topological polar surface area (TPSA) is 20.2 Å². The number of phenols is 1. The van der Waals surface area contributed by atoms with Crippen molar-refractivity contribution < 1.29 is 5.11 Å². The Kier molecular flexibility index (Phi) is 6.18. The molecule has 1 aliphatic rings. The number of aromatic hydroxyl groups is 1. The van der Waals surface area contributed by atoms with Gasteiger partial charge in [-0.15, -0.1) is 0 Å². The summed E-state index contributed by atoms with van der Waals surface area (Å²) >= 11 is 0. The Labute approximate surface area is 153 Å². The Bertz CT molecular complexity index is 663. The Morgan fingerprint density at radius 3 is 2.20 bits per heavy atom. The molecule has 0 unspecified atom stereocenters. The Hall–Kier alpha value is -1.76. The second-order valence-corrected chi connectivity index (χ2v) is 7.84. The minimum Gasteiger partial charge on any atom is -0.508 e. The highest BCUT2D eigenvalue weighted by Gasteiger charge is 2.22. The average Bonchev–Trinajstić information content (AvgIpc) is 2.65. The van der Waals surface area contributed by atoms with Gasteiger partial charge in [0.2, 0.25) is 0 Å². The maximum Gasteiger partial charge on any atom is 0.118 e. The van der Waals surface area contributed by atoms with Crippen LogP contribution in [0.15, 0.2) is 42.5 Å². The largest absolute Gasteiger partial charge is 0.508 e. The first-order valence-corrected chi connectivity index (χ1v) is 10.1. The van der Waals surface area contributed by atoms with E-state index in [1.54, 1.807) is 6.07 Å². The number of hydrogen-bond acceptors (Lipinski definition) is 1. The number of aryl methyl sites for hydroxylation is 1. The summed E-state index contributed by atoms with van der Waals surface area (Å²) in [5.74, 6) is 2.09. The predicted molar refractivity (Wildman–Crippen MR) is 107 cm³/mol. The summed E-state index contributed by atoms with van der Waals surface area (Å²) in [4.78, 5) is 0. The zero-order valence-electron chi connectivity index (χ0n) is 15.8. The van der Waals surface area contributed by atoms with E-state index in [0.717, 1.165) is 17.4 Å². The van der Waals surface area contributed by atoms with Crippen molar-refractivity contribution in [2.45, 2.75) is 71.1 Å². The van der Waals surface area contributed by atoms with Crippen LogP contribution in [0, 0.1) is 12.8 Å². The van der Waals surface area contributed by atoms with E-state index < -0.39 is 0 Å². The fourth-order valence-corrected chi connectivity index (χ4v) is 4.25. The van der Waals surface area contributed by atoms with Crippen molar-refractivity contribution in [2.75, 3.05) is 0 Å². The molecule has 0 aromatic heterocycles. The van der Waals surface area contributed by atoms with Crippen molar-refractivity contribution >= 4 is 0 Å². The Morgan fingerprint density at radius 1 is 0.880 bits per heavy atom. The van der Waals surface area contributed by atoms with E-state index in [1.807, 2.05) is 13.0 Å². The zero-order chi connectivity index (χ0) is 17.6. The van der Waals surface area contributed by atoms with Gasteiger partial charge in [-0.1, -0.05) is 62.9 Å². The summed E-state index contributed by atoms with van der Waals surface area (Å²) in [5.41, 5.74) is 4.86. The second-order valence-electron chi connectivity index (χ2n) is 7.84. The van der Waals surface area contributed by atoms with Gasteiger partial charge in [0, 0.05) is 0 Å². The summed E-state index contributed by atoms with van der Waals surface area (Å²) in [6.07, 6.45) is 11.1. The van der Waals surface area contributed by atoms with E-state index in [9.17, 15) is 5.11 Å². The van der Waals surface area contributed by atoms with Crippen LogP contribution in [0.25, 0.3) is 11.1 Å². The summed E-state index contributed by atoms with van der Waals surface area (Å²) in [6, 6.07) is 15.0. The summed E-state index contributed by atoms with van der Waals surface area (Å²) < 4.78 is 0. The molecule has 25 heavy (non-hydrogen) atoms. The maximum atomic E-state index is 9.69. The second kappa shape index (κ2) is 8.56. The van der Waals surface area contributed by atoms with Gasteiger partial charge in [0.1, 0.15) is 5.75 Å². The Morgan fingerprint density at radius 2 is 1.56 bits per heavy atom. The van der Waals surface area contributed by atoms with Crippen molar-refractivity contribution in [3.63, 3.8) is 0 Å². The SMILES string of the molecule is CCCCC[C@H]1CC[C@H](c2ccc(-c3ccc(O)c(C)c3)cc2)CC1. The van der Waals surface area contributed by atoms with Gasteiger partial charge in [-0.3, -0.25) is 0 Å². The first-order valence-electron chi connectivity index (χ1n) is 10.1.